The molecule has 5 nitrogen and oxygen atoms in total. The highest BCUT2D eigenvalue weighted by atomic mass is 35.5. The fourth-order valence-corrected chi connectivity index (χ4v) is 2.18. The predicted octanol–water partition coefficient (Wildman–Crippen LogP) is 1.94. The van der Waals surface area contributed by atoms with Gasteiger partial charge in [-0.1, -0.05) is 11.6 Å². The average Bonchev–Trinajstić information content (AvgIpc) is 2.87. The van der Waals surface area contributed by atoms with Gasteiger partial charge in [-0.25, -0.2) is 4.98 Å². The van der Waals surface area contributed by atoms with Crippen LogP contribution < -0.4 is 0 Å². The van der Waals surface area contributed by atoms with Crippen LogP contribution in [0.1, 0.15) is 16.1 Å². The second kappa shape index (κ2) is 4.73. The molecule has 0 saturated carbocycles. The van der Waals surface area contributed by atoms with E-state index in [9.17, 15) is 4.79 Å². The van der Waals surface area contributed by atoms with E-state index in [4.69, 9.17) is 16.3 Å². The van der Waals surface area contributed by atoms with Gasteiger partial charge in [0.05, 0.1) is 12.2 Å². The fourth-order valence-electron chi connectivity index (χ4n) is 1.26. The molecule has 0 aromatic carbocycles. The van der Waals surface area contributed by atoms with Gasteiger partial charge in [0, 0.05) is 18.7 Å². The molecule has 16 heavy (non-hydrogen) atoms. The van der Waals surface area contributed by atoms with Crippen LogP contribution in [-0.2, 0) is 11.3 Å². The molecule has 0 unspecified atom stereocenters. The van der Waals surface area contributed by atoms with Crippen molar-refractivity contribution in [1.82, 2.24) is 14.8 Å². The van der Waals surface area contributed by atoms with Gasteiger partial charge >= 0.3 is 0 Å². The Bertz CT molecular complexity index is 495. The number of hydrogen-bond donors (Lipinski definition) is 0. The molecule has 0 atom stereocenters. The third kappa shape index (κ3) is 1.87. The number of carbonyl (C=O) groups is 1. The van der Waals surface area contributed by atoms with Gasteiger partial charge in [-0.3, -0.25) is 4.79 Å². The van der Waals surface area contributed by atoms with E-state index in [1.54, 1.807) is 6.20 Å². The molecule has 7 heteroatoms. The molecule has 84 valence electrons. The lowest BCUT2D eigenvalue weighted by molar-refractivity contribution is 0.111. The minimum absolute atomic E-state index is 0.242. The minimum atomic E-state index is 0.242. The molecule has 0 spiro atoms. The molecule has 0 amide bonds. The van der Waals surface area contributed by atoms with Crippen LogP contribution in [0.15, 0.2) is 11.6 Å². The van der Waals surface area contributed by atoms with E-state index >= 15 is 0 Å². The summed E-state index contributed by atoms with van der Waals surface area (Å²) in [5.41, 5.74) is 0.858. The van der Waals surface area contributed by atoms with Crippen LogP contribution in [0.3, 0.4) is 0 Å². The van der Waals surface area contributed by atoms with Crippen LogP contribution in [0.2, 0.25) is 5.15 Å². The van der Waals surface area contributed by atoms with Crippen molar-refractivity contribution in [2.75, 3.05) is 7.11 Å². The van der Waals surface area contributed by atoms with Gasteiger partial charge in [0.2, 0.25) is 5.13 Å². The fraction of sp³-hybridized carbons (Fsp3) is 0.222. The molecular weight excluding hydrogens is 250 g/mol. The molecule has 0 aliphatic heterocycles. The van der Waals surface area contributed by atoms with Crippen molar-refractivity contribution in [3.05, 3.63) is 28.0 Å². The van der Waals surface area contributed by atoms with Crippen molar-refractivity contribution in [3.8, 4) is 5.13 Å². The van der Waals surface area contributed by atoms with Gasteiger partial charge in [0.1, 0.15) is 10.8 Å². The highest BCUT2D eigenvalue weighted by Gasteiger charge is 2.17. The Morgan fingerprint density at radius 1 is 1.69 bits per heavy atom. The first-order valence-corrected chi connectivity index (χ1v) is 5.65. The van der Waals surface area contributed by atoms with Crippen LogP contribution >= 0.6 is 22.9 Å². The topological polar surface area (TPSA) is 57.0 Å². The Morgan fingerprint density at radius 3 is 3.06 bits per heavy atom. The number of hydrogen-bond acceptors (Lipinski definition) is 5. The largest absolute Gasteiger partial charge is 0.378 e. The average molecular weight is 258 g/mol. The lowest BCUT2D eigenvalue weighted by Crippen LogP contribution is -1.97. The molecule has 0 radical (unpaired) electrons. The van der Waals surface area contributed by atoms with Crippen molar-refractivity contribution in [1.29, 1.82) is 0 Å². The lowest BCUT2D eigenvalue weighted by Gasteiger charge is -1.95. The van der Waals surface area contributed by atoms with Gasteiger partial charge in [0.15, 0.2) is 6.29 Å². The van der Waals surface area contributed by atoms with Gasteiger partial charge in [-0.2, -0.15) is 9.78 Å². The number of ether oxygens (including phenoxy) is 1. The Morgan fingerprint density at radius 2 is 2.50 bits per heavy atom. The van der Waals surface area contributed by atoms with E-state index in [0.29, 0.717) is 22.7 Å². The monoisotopic (exact) mass is 257 g/mol. The van der Waals surface area contributed by atoms with Gasteiger partial charge in [-0.15, -0.1) is 11.3 Å². The zero-order valence-electron chi connectivity index (χ0n) is 8.38. The molecule has 0 aliphatic carbocycles. The summed E-state index contributed by atoms with van der Waals surface area (Å²) in [6, 6.07) is 0. The third-order valence-corrected chi connectivity index (χ3v) is 3.05. The minimum Gasteiger partial charge on any atom is -0.378 e. The van der Waals surface area contributed by atoms with Gasteiger partial charge in [-0.05, 0) is 0 Å². The van der Waals surface area contributed by atoms with Gasteiger partial charge < -0.3 is 4.74 Å². The second-order valence-corrected chi connectivity index (χ2v) is 4.16. The number of halogens is 1. The maximum absolute atomic E-state index is 10.9. The van der Waals surface area contributed by atoms with E-state index in [1.807, 2.05) is 5.38 Å². The highest BCUT2D eigenvalue weighted by molar-refractivity contribution is 7.12. The summed E-state index contributed by atoms with van der Waals surface area (Å²) in [5, 5.41) is 6.88. The highest BCUT2D eigenvalue weighted by Crippen LogP contribution is 2.23. The SMILES string of the molecule is COCc1nn(-c2nccs2)c(Cl)c1C=O. The summed E-state index contributed by atoms with van der Waals surface area (Å²) >= 11 is 7.43. The van der Waals surface area contributed by atoms with Crippen LogP contribution in [0, 0.1) is 0 Å². The van der Waals surface area contributed by atoms with Gasteiger partial charge in [0.25, 0.3) is 0 Å². The summed E-state index contributed by atoms with van der Waals surface area (Å²) in [6.07, 6.45) is 2.32. The Kier molecular flexibility index (Phi) is 3.33. The molecule has 2 aromatic rings. The summed E-state index contributed by atoms with van der Waals surface area (Å²) < 4.78 is 6.38. The number of rotatable bonds is 4. The van der Waals surface area contributed by atoms with Crippen LogP contribution in [0.5, 0.6) is 0 Å². The molecule has 0 saturated heterocycles. The molecule has 0 N–H and O–H groups in total. The first-order valence-electron chi connectivity index (χ1n) is 4.39. The first-order chi connectivity index (χ1) is 7.77. The van der Waals surface area contributed by atoms with E-state index in [-0.39, 0.29) is 11.8 Å². The molecule has 0 fully saturated rings. The molecule has 0 bridgehead atoms. The second-order valence-electron chi connectivity index (χ2n) is 2.93. The quantitative estimate of drug-likeness (QED) is 0.786. The van der Waals surface area contributed by atoms with E-state index in [2.05, 4.69) is 10.1 Å². The van der Waals surface area contributed by atoms with E-state index < -0.39 is 0 Å². The van der Waals surface area contributed by atoms with Crippen molar-refractivity contribution in [2.45, 2.75) is 6.61 Å². The lowest BCUT2D eigenvalue weighted by atomic mass is 10.3. The Balaban J connectivity index is 2.51. The molecule has 2 aromatic heterocycles. The molecule has 2 heterocycles. The first kappa shape index (κ1) is 11.3. The Hall–Kier alpha value is -1.24. The number of aldehydes is 1. The van der Waals surface area contributed by atoms with Crippen LogP contribution in [0.25, 0.3) is 5.13 Å². The van der Waals surface area contributed by atoms with Crippen molar-refractivity contribution in [3.63, 3.8) is 0 Å². The maximum atomic E-state index is 10.9. The molecular formula is C9H8ClN3O2S. The predicted molar refractivity (Wildman–Crippen MR) is 60.3 cm³/mol. The zero-order valence-corrected chi connectivity index (χ0v) is 9.96. The summed E-state index contributed by atoms with van der Waals surface area (Å²) in [4.78, 5) is 15.0. The maximum Gasteiger partial charge on any atom is 0.211 e. The number of thiazole rings is 1. The number of methoxy groups -OCH3 is 1. The van der Waals surface area contributed by atoms with Crippen LogP contribution in [0.4, 0.5) is 0 Å². The van der Waals surface area contributed by atoms with E-state index in [0.717, 1.165) is 0 Å². The summed E-state index contributed by atoms with van der Waals surface area (Å²) in [7, 11) is 1.53. The number of aromatic nitrogens is 3. The summed E-state index contributed by atoms with van der Waals surface area (Å²) in [5.74, 6) is 0. The normalized spacial score (nSPS) is 10.6. The zero-order chi connectivity index (χ0) is 11.5. The summed E-state index contributed by atoms with van der Waals surface area (Å²) in [6.45, 7) is 0.242. The molecule has 0 aliphatic rings. The standard InChI is InChI=1S/C9H8ClN3O2S/c1-15-5-7-6(4-14)8(10)13(12-7)9-11-2-3-16-9/h2-4H,5H2,1H3. The third-order valence-electron chi connectivity index (χ3n) is 1.94. The van der Waals surface area contributed by atoms with Crippen molar-refractivity contribution >= 4 is 29.2 Å². The number of carbonyl (C=O) groups excluding carboxylic acids is 1. The number of nitrogens with zero attached hydrogens (tertiary/aromatic N) is 3. The Labute approximate surface area is 101 Å². The van der Waals surface area contributed by atoms with Crippen LogP contribution in [-0.4, -0.2) is 28.2 Å². The van der Waals surface area contributed by atoms with Crippen molar-refractivity contribution in [2.24, 2.45) is 0 Å². The van der Waals surface area contributed by atoms with E-state index in [1.165, 1.54) is 23.1 Å². The smallest absolute Gasteiger partial charge is 0.211 e. The molecule has 2 rings (SSSR count). The van der Waals surface area contributed by atoms with Crippen molar-refractivity contribution < 1.29 is 9.53 Å².